The molecule has 0 aliphatic carbocycles. The number of unbranched alkanes of at least 4 members (excludes halogenated alkanes) is 2. The predicted octanol–water partition coefficient (Wildman–Crippen LogP) is 7.42. The molecule has 0 unspecified atom stereocenters. The van der Waals surface area contributed by atoms with Crippen molar-refractivity contribution < 1.29 is 14.4 Å². The van der Waals surface area contributed by atoms with Crippen LogP contribution in [0.25, 0.3) is 11.4 Å². The second-order valence-electron chi connectivity index (χ2n) is 9.83. The number of aromatic nitrogens is 2. The average Bonchev–Trinajstić information content (AvgIpc) is 3.30. The van der Waals surface area contributed by atoms with Gasteiger partial charge in [-0.25, -0.2) is 9.78 Å². The summed E-state index contributed by atoms with van der Waals surface area (Å²) in [5.41, 5.74) is 4.23. The maximum absolute atomic E-state index is 13.1. The van der Waals surface area contributed by atoms with Crippen LogP contribution in [0.1, 0.15) is 75.0 Å². The van der Waals surface area contributed by atoms with Gasteiger partial charge in [0.25, 0.3) is 5.91 Å². The Balaban J connectivity index is 1.81. The highest BCUT2D eigenvalue weighted by Crippen LogP contribution is 2.35. The molecule has 8 heteroatoms. The molecule has 0 fully saturated rings. The molecule has 0 radical (unpaired) electrons. The van der Waals surface area contributed by atoms with Crippen LogP contribution in [-0.4, -0.2) is 32.4 Å². The highest BCUT2D eigenvalue weighted by atomic mass is 32.2. The van der Waals surface area contributed by atoms with E-state index in [1.165, 1.54) is 11.8 Å². The van der Waals surface area contributed by atoms with E-state index in [-0.39, 0.29) is 5.91 Å². The normalized spacial score (nSPS) is 11.6. The number of oxime groups is 1. The molecule has 0 bridgehead atoms. The Kier molecular flexibility index (Phi) is 10.3. The summed E-state index contributed by atoms with van der Waals surface area (Å²) in [5, 5.41) is 6.72. The van der Waals surface area contributed by atoms with E-state index in [9.17, 15) is 9.59 Å². The van der Waals surface area contributed by atoms with Crippen LogP contribution in [-0.2, 0) is 16.2 Å². The summed E-state index contributed by atoms with van der Waals surface area (Å²) in [4.78, 5) is 36.2. The maximum Gasteiger partial charge on any atom is 0.350 e. The lowest BCUT2D eigenvalue weighted by Crippen LogP contribution is -2.28. The fourth-order valence-corrected chi connectivity index (χ4v) is 4.86. The average molecular weight is 535 g/mol. The third-order valence-electron chi connectivity index (χ3n) is 6.01. The van der Waals surface area contributed by atoms with Crippen molar-refractivity contribution in [3.63, 3.8) is 0 Å². The highest BCUT2D eigenvalue weighted by Gasteiger charge is 2.31. The fourth-order valence-electron chi connectivity index (χ4n) is 3.88. The Bertz CT molecular complexity index is 1280. The number of amides is 1. The topological polar surface area (TPSA) is 85.6 Å². The third-order valence-corrected chi connectivity index (χ3v) is 7.20. The molecule has 0 aliphatic heterocycles. The van der Waals surface area contributed by atoms with E-state index < -0.39 is 10.7 Å². The Morgan fingerprint density at radius 2 is 1.84 bits per heavy atom. The minimum Gasteiger partial charge on any atom is -0.330 e. The lowest BCUT2D eigenvalue weighted by Gasteiger charge is -2.20. The van der Waals surface area contributed by atoms with Crippen molar-refractivity contribution in [2.45, 2.75) is 83.4 Å². The number of nitrogens with zero attached hydrogens (tertiary/aromatic N) is 3. The number of carbonyl (C=O) groups is 2. The molecule has 7 nitrogen and oxygen atoms in total. The number of imidazole rings is 1. The predicted molar refractivity (Wildman–Crippen MR) is 156 cm³/mol. The summed E-state index contributed by atoms with van der Waals surface area (Å²) in [5.74, 6) is 0.115. The van der Waals surface area contributed by atoms with Gasteiger partial charge in [-0.2, -0.15) is 0 Å². The molecule has 1 heterocycles. The molecule has 1 N–H and O–H groups in total. The van der Waals surface area contributed by atoms with Crippen molar-refractivity contribution in [2.24, 2.45) is 5.16 Å². The van der Waals surface area contributed by atoms with Gasteiger partial charge in [-0.3, -0.25) is 4.79 Å². The van der Waals surface area contributed by atoms with Gasteiger partial charge in [-0.05, 0) is 64.3 Å². The molecule has 202 valence electrons. The van der Waals surface area contributed by atoms with E-state index in [1.807, 2.05) is 83.3 Å². The molecule has 3 aromatic rings. The van der Waals surface area contributed by atoms with E-state index >= 15 is 0 Å². The molecule has 0 aliphatic rings. The second-order valence-corrected chi connectivity index (χ2v) is 11.5. The molecule has 3 rings (SSSR count). The number of hydrogen-bond acceptors (Lipinski definition) is 6. The summed E-state index contributed by atoms with van der Waals surface area (Å²) < 4.78 is 1.26. The maximum atomic E-state index is 13.1. The Labute approximate surface area is 230 Å². The van der Waals surface area contributed by atoms with Crippen LogP contribution in [0.15, 0.2) is 58.7 Å². The number of carbonyl (C=O) groups excluding carboxylic acids is 2. The smallest absolute Gasteiger partial charge is 0.330 e. The summed E-state index contributed by atoms with van der Waals surface area (Å²) in [7, 11) is 0. The Morgan fingerprint density at radius 3 is 2.50 bits per heavy atom. The van der Waals surface area contributed by atoms with Crippen LogP contribution >= 0.6 is 11.8 Å². The number of benzene rings is 2. The second kappa shape index (κ2) is 13.4. The summed E-state index contributed by atoms with van der Waals surface area (Å²) >= 11 is 1.41. The quantitative estimate of drug-likeness (QED) is 0.0859. The van der Waals surface area contributed by atoms with Gasteiger partial charge >= 0.3 is 5.97 Å². The first-order chi connectivity index (χ1) is 18.1. The molecule has 0 spiro atoms. The summed E-state index contributed by atoms with van der Waals surface area (Å²) in [6.45, 7) is 12.5. The van der Waals surface area contributed by atoms with Gasteiger partial charge in [0.1, 0.15) is 16.3 Å². The molecular formula is C30H38N4O3S. The first-order valence-electron chi connectivity index (χ1n) is 13.1. The first kappa shape index (κ1) is 29.2. The number of anilines is 1. The van der Waals surface area contributed by atoms with Crippen molar-refractivity contribution in [2.75, 3.05) is 5.32 Å². The van der Waals surface area contributed by atoms with Gasteiger partial charge in [0.2, 0.25) is 0 Å². The molecule has 0 atom stereocenters. The number of nitrogens with one attached hydrogen (secondary N) is 1. The van der Waals surface area contributed by atoms with Crippen molar-refractivity contribution in [3.8, 4) is 11.4 Å². The van der Waals surface area contributed by atoms with Crippen LogP contribution in [0.4, 0.5) is 5.69 Å². The number of rotatable bonds is 12. The minimum absolute atomic E-state index is 0.231. The highest BCUT2D eigenvalue weighted by molar-refractivity contribution is 8.01. The lowest BCUT2D eigenvalue weighted by molar-refractivity contribution is -0.145. The van der Waals surface area contributed by atoms with Crippen molar-refractivity contribution in [1.82, 2.24) is 9.55 Å². The zero-order valence-electron chi connectivity index (χ0n) is 23.2. The molecule has 0 saturated heterocycles. The zero-order valence-corrected chi connectivity index (χ0v) is 24.0. The molecule has 2 aromatic carbocycles. The van der Waals surface area contributed by atoms with Crippen LogP contribution in [0.2, 0.25) is 0 Å². The van der Waals surface area contributed by atoms with Crippen molar-refractivity contribution in [3.05, 3.63) is 65.5 Å². The third kappa shape index (κ3) is 7.81. The van der Waals surface area contributed by atoms with Crippen LogP contribution < -0.4 is 5.32 Å². The van der Waals surface area contributed by atoms with E-state index in [0.29, 0.717) is 12.1 Å². The number of aryl methyl sites for hydroxylation is 3. The van der Waals surface area contributed by atoms with Crippen LogP contribution in [0.3, 0.4) is 0 Å². The van der Waals surface area contributed by atoms with E-state index in [0.717, 1.165) is 58.9 Å². The van der Waals surface area contributed by atoms with Gasteiger partial charge in [0.15, 0.2) is 0 Å². The molecule has 0 saturated carbocycles. The monoisotopic (exact) mass is 534 g/mol. The van der Waals surface area contributed by atoms with E-state index in [4.69, 9.17) is 9.82 Å². The molecular weight excluding hydrogens is 496 g/mol. The van der Waals surface area contributed by atoms with Crippen LogP contribution in [0, 0.1) is 13.8 Å². The minimum atomic E-state index is -0.801. The number of thioether (sulfide) groups is 1. The Hall–Kier alpha value is -3.39. The van der Waals surface area contributed by atoms with Gasteiger partial charge < -0.3 is 14.7 Å². The Morgan fingerprint density at radius 1 is 1.11 bits per heavy atom. The zero-order chi connectivity index (χ0) is 27.7. The summed E-state index contributed by atoms with van der Waals surface area (Å²) in [6, 6.07) is 13.8. The van der Waals surface area contributed by atoms with Gasteiger partial charge in [0.05, 0.1) is 0 Å². The SMILES string of the molecule is CC/C=N\OC(=O)C(C)(C)Sc1ccc(-c2nc(C(=O)Nc3ccc(C)cc3C)cn2CCCCC)cc1. The van der Waals surface area contributed by atoms with Crippen molar-refractivity contribution >= 4 is 35.5 Å². The summed E-state index contributed by atoms with van der Waals surface area (Å²) in [6.07, 6.45) is 7.31. The van der Waals surface area contributed by atoms with Crippen molar-refractivity contribution in [1.29, 1.82) is 0 Å². The van der Waals surface area contributed by atoms with Gasteiger partial charge in [-0.15, -0.1) is 11.8 Å². The number of hydrogen-bond donors (Lipinski definition) is 1. The standard InChI is InChI=1S/C30H38N4O3S/c1-7-9-10-18-34-20-26(28(35)33-25-16-11-21(3)19-22(25)4)32-27(34)23-12-14-24(15-13-23)38-30(5,6)29(36)37-31-17-8-2/h11-17,19-20H,7-10,18H2,1-6H3,(H,33,35)/b31-17-. The molecule has 1 aromatic heterocycles. The first-order valence-corrected chi connectivity index (χ1v) is 13.9. The fraction of sp³-hybridized carbons (Fsp3) is 0.400. The largest absolute Gasteiger partial charge is 0.350 e. The lowest BCUT2D eigenvalue weighted by atomic mass is 10.1. The molecule has 1 amide bonds. The van der Waals surface area contributed by atoms with Gasteiger partial charge in [0, 0.05) is 35.1 Å². The van der Waals surface area contributed by atoms with E-state index in [1.54, 1.807) is 6.21 Å². The van der Waals surface area contributed by atoms with Gasteiger partial charge in [-0.1, -0.05) is 61.7 Å². The molecule has 38 heavy (non-hydrogen) atoms. The van der Waals surface area contributed by atoms with Crippen LogP contribution in [0.5, 0.6) is 0 Å². The van der Waals surface area contributed by atoms with E-state index in [2.05, 4.69) is 22.0 Å².